The Bertz CT molecular complexity index is 430. The summed E-state index contributed by atoms with van der Waals surface area (Å²) in [5, 5.41) is 0. The summed E-state index contributed by atoms with van der Waals surface area (Å²) < 4.78 is 27.1. The maximum atomic E-state index is 14.0. The van der Waals surface area contributed by atoms with Gasteiger partial charge in [0.2, 0.25) is 0 Å². The molecule has 1 aromatic rings. The predicted octanol–water partition coefficient (Wildman–Crippen LogP) is 3.62. The lowest BCUT2D eigenvalue weighted by molar-refractivity contribution is 0.111. The molecule has 1 aromatic carbocycles. The van der Waals surface area contributed by atoms with Gasteiger partial charge in [-0.1, -0.05) is 32.3 Å². The molecule has 0 aliphatic heterocycles. The number of nitrogens with zero attached hydrogens (tertiary/aromatic N) is 1. The molecule has 1 saturated carbocycles. The highest BCUT2D eigenvalue weighted by molar-refractivity contribution is 5.23. The van der Waals surface area contributed by atoms with Crippen LogP contribution in [-0.4, -0.2) is 24.0 Å². The van der Waals surface area contributed by atoms with Gasteiger partial charge in [-0.05, 0) is 25.5 Å². The number of nitrogens with two attached hydrogens (primary N) is 1. The average Bonchev–Trinajstić information content (AvgIpc) is 2.46. The summed E-state index contributed by atoms with van der Waals surface area (Å²) in [6, 6.07) is 4.10. The lowest BCUT2D eigenvalue weighted by Gasteiger charge is -2.39. The van der Waals surface area contributed by atoms with Gasteiger partial charge in [0.15, 0.2) is 0 Å². The standard InChI is InChI=1S/C16H24F2N2/c1-2-20(13-6-4-3-5-7-13)16(11-19)14-9-8-12(17)10-15(14)18/h8-10,13,16H,2-7,11,19H2,1H3. The first-order valence-electron chi connectivity index (χ1n) is 7.58. The predicted molar refractivity (Wildman–Crippen MR) is 77.4 cm³/mol. The van der Waals surface area contributed by atoms with E-state index in [9.17, 15) is 8.78 Å². The Kier molecular flexibility index (Phi) is 5.49. The summed E-state index contributed by atoms with van der Waals surface area (Å²) in [4.78, 5) is 2.29. The van der Waals surface area contributed by atoms with Crippen molar-refractivity contribution < 1.29 is 8.78 Å². The Labute approximate surface area is 120 Å². The van der Waals surface area contributed by atoms with Crippen molar-refractivity contribution in [1.29, 1.82) is 0 Å². The Morgan fingerprint density at radius 3 is 2.50 bits per heavy atom. The van der Waals surface area contributed by atoms with E-state index in [1.54, 1.807) is 0 Å². The fourth-order valence-corrected chi connectivity index (χ4v) is 3.36. The maximum absolute atomic E-state index is 14.0. The van der Waals surface area contributed by atoms with Gasteiger partial charge in [0.25, 0.3) is 0 Å². The summed E-state index contributed by atoms with van der Waals surface area (Å²) in [7, 11) is 0. The molecule has 20 heavy (non-hydrogen) atoms. The van der Waals surface area contributed by atoms with Crippen LogP contribution in [0, 0.1) is 11.6 Å². The van der Waals surface area contributed by atoms with Gasteiger partial charge in [0.1, 0.15) is 11.6 Å². The molecule has 1 atom stereocenters. The van der Waals surface area contributed by atoms with Crippen LogP contribution in [0.5, 0.6) is 0 Å². The first-order chi connectivity index (χ1) is 9.67. The molecule has 2 rings (SSSR count). The zero-order valence-corrected chi connectivity index (χ0v) is 12.1. The third-order valence-electron chi connectivity index (χ3n) is 4.35. The first-order valence-corrected chi connectivity index (χ1v) is 7.58. The second kappa shape index (κ2) is 7.14. The molecule has 0 aromatic heterocycles. The number of halogens is 2. The topological polar surface area (TPSA) is 29.3 Å². The molecular weight excluding hydrogens is 258 g/mol. The number of hydrogen-bond donors (Lipinski definition) is 1. The van der Waals surface area contributed by atoms with Crippen LogP contribution in [0.15, 0.2) is 18.2 Å². The van der Waals surface area contributed by atoms with Crippen LogP contribution in [0.1, 0.15) is 50.6 Å². The highest BCUT2D eigenvalue weighted by Crippen LogP contribution is 2.30. The molecule has 2 nitrogen and oxygen atoms in total. The molecule has 1 fully saturated rings. The normalized spacial score (nSPS) is 18.4. The van der Waals surface area contributed by atoms with Gasteiger partial charge in [0, 0.05) is 24.2 Å². The Morgan fingerprint density at radius 2 is 1.95 bits per heavy atom. The molecule has 0 amide bonds. The molecule has 1 aliphatic rings. The molecule has 0 spiro atoms. The van der Waals surface area contributed by atoms with E-state index in [-0.39, 0.29) is 6.04 Å². The third-order valence-corrected chi connectivity index (χ3v) is 4.35. The van der Waals surface area contributed by atoms with Crippen molar-refractivity contribution in [3.63, 3.8) is 0 Å². The largest absolute Gasteiger partial charge is 0.329 e. The van der Waals surface area contributed by atoms with Gasteiger partial charge in [-0.25, -0.2) is 8.78 Å². The third kappa shape index (κ3) is 3.36. The van der Waals surface area contributed by atoms with Crippen molar-refractivity contribution in [1.82, 2.24) is 4.90 Å². The number of likely N-dealkylation sites (N-methyl/N-ethyl adjacent to an activating group) is 1. The number of benzene rings is 1. The van der Waals surface area contributed by atoms with Gasteiger partial charge in [-0.2, -0.15) is 0 Å². The van der Waals surface area contributed by atoms with E-state index in [4.69, 9.17) is 5.73 Å². The minimum absolute atomic E-state index is 0.163. The van der Waals surface area contributed by atoms with E-state index in [0.29, 0.717) is 18.2 Å². The second-order valence-electron chi connectivity index (χ2n) is 5.54. The summed E-state index contributed by atoms with van der Waals surface area (Å²) in [6.07, 6.45) is 6.03. The Balaban J connectivity index is 2.23. The van der Waals surface area contributed by atoms with Crippen LogP contribution in [0.2, 0.25) is 0 Å². The number of hydrogen-bond acceptors (Lipinski definition) is 2. The smallest absolute Gasteiger partial charge is 0.130 e. The van der Waals surface area contributed by atoms with Gasteiger partial charge >= 0.3 is 0 Å². The lowest BCUT2D eigenvalue weighted by atomic mass is 9.91. The van der Waals surface area contributed by atoms with E-state index < -0.39 is 11.6 Å². The average molecular weight is 282 g/mol. The van der Waals surface area contributed by atoms with Crippen molar-refractivity contribution >= 4 is 0 Å². The molecule has 0 radical (unpaired) electrons. The molecule has 112 valence electrons. The molecular formula is C16H24F2N2. The minimum Gasteiger partial charge on any atom is -0.329 e. The van der Waals surface area contributed by atoms with Crippen molar-refractivity contribution in [3.8, 4) is 0 Å². The number of rotatable bonds is 5. The first kappa shape index (κ1) is 15.4. The van der Waals surface area contributed by atoms with Gasteiger partial charge in [0.05, 0.1) is 6.04 Å². The minimum atomic E-state index is -0.539. The van der Waals surface area contributed by atoms with E-state index in [0.717, 1.165) is 25.5 Å². The summed E-state index contributed by atoms with van der Waals surface area (Å²) in [5.41, 5.74) is 6.41. The molecule has 0 saturated heterocycles. The Morgan fingerprint density at radius 1 is 1.25 bits per heavy atom. The van der Waals surface area contributed by atoms with Crippen molar-refractivity contribution in [2.45, 2.75) is 51.1 Å². The zero-order valence-electron chi connectivity index (χ0n) is 12.1. The quantitative estimate of drug-likeness (QED) is 0.893. The van der Waals surface area contributed by atoms with Crippen LogP contribution in [-0.2, 0) is 0 Å². The summed E-state index contributed by atoms with van der Waals surface area (Å²) in [5.74, 6) is -1.03. The molecule has 1 aliphatic carbocycles. The van der Waals surface area contributed by atoms with E-state index in [1.807, 2.05) is 0 Å². The van der Waals surface area contributed by atoms with Crippen molar-refractivity contribution in [2.75, 3.05) is 13.1 Å². The van der Waals surface area contributed by atoms with Crippen molar-refractivity contribution in [3.05, 3.63) is 35.4 Å². The highest BCUT2D eigenvalue weighted by atomic mass is 19.1. The highest BCUT2D eigenvalue weighted by Gasteiger charge is 2.28. The lowest BCUT2D eigenvalue weighted by Crippen LogP contribution is -2.42. The fraction of sp³-hybridized carbons (Fsp3) is 0.625. The van der Waals surface area contributed by atoms with Gasteiger partial charge < -0.3 is 5.73 Å². The van der Waals surface area contributed by atoms with Crippen LogP contribution in [0.4, 0.5) is 8.78 Å². The van der Waals surface area contributed by atoms with Gasteiger partial charge in [-0.3, -0.25) is 4.90 Å². The fourth-order valence-electron chi connectivity index (χ4n) is 3.36. The van der Waals surface area contributed by atoms with Crippen LogP contribution < -0.4 is 5.73 Å². The molecule has 0 bridgehead atoms. The second-order valence-corrected chi connectivity index (χ2v) is 5.54. The van der Waals surface area contributed by atoms with E-state index >= 15 is 0 Å². The summed E-state index contributed by atoms with van der Waals surface area (Å²) >= 11 is 0. The van der Waals surface area contributed by atoms with Crippen LogP contribution in [0.3, 0.4) is 0 Å². The van der Waals surface area contributed by atoms with Crippen molar-refractivity contribution in [2.24, 2.45) is 5.73 Å². The molecule has 0 heterocycles. The monoisotopic (exact) mass is 282 g/mol. The van der Waals surface area contributed by atoms with Gasteiger partial charge in [-0.15, -0.1) is 0 Å². The molecule has 1 unspecified atom stereocenters. The Hall–Kier alpha value is -1.00. The summed E-state index contributed by atoms with van der Waals surface area (Å²) in [6.45, 7) is 3.27. The van der Waals surface area contributed by atoms with E-state index in [1.165, 1.54) is 31.4 Å². The molecule has 2 N–H and O–H groups in total. The van der Waals surface area contributed by atoms with Crippen LogP contribution in [0.25, 0.3) is 0 Å². The molecule has 4 heteroatoms. The SMILES string of the molecule is CCN(C1CCCCC1)C(CN)c1ccc(F)cc1F. The van der Waals surface area contributed by atoms with E-state index in [2.05, 4.69) is 11.8 Å². The maximum Gasteiger partial charge on any atom is 0.130 e. The van der Waals surface area contributed by atoms with Crippen LogP contribution >= 0.6 is 0 Å². The zero-order chi connectivity index (χ0) is 14.5.